The zero-order chi connectivity index (χ0) is 14.8. The van der Waals surface area contributed by atoms with Crippen LogP contribution in [0.5, 0.6) is 5.75 Å². The molecule has 0 spiro atoms. The number of hydrogen-bond donors (Lipinski definition) is 0. The van der Waals surface area contributed by atoms with Gasteiger partial charge < -0.3 is 4.74 Å². The fourth-order valence-electron chi connectivity index (χ4n) is 2.29. The molecule has 0 amide bonds. The summed E-state index contributed by atoms with van der Waals surface area (Å²) in [5.74, 6) is 0.866. The Morgan fingerprint density at radius 1 is 0.905 bits per heavy atom. The first-order chi connectivity index (χ1) is 10.2. The lowest BCUT2D eigenvalue weighted by Crippen LogP contribution is -2.01. The number of carbonyl (C=O) groups excluding carboxylic acids is 1. The van der Waals surface area contributed by atoms with Gasteiger partial charge in [-0.3, -0.25) is 4.79 Å². The molecule has 0 radical (unpaired) electrons. The molecule has 3 aromatic carbocycles. The van der Waals surface area contributed by atoms with E-state index < -0.39 is 0 Å². The summed E-state index contributed by atoms with van der Waals surface area (Å²) < 4.78 is 6.27. The Kier molecular flexibility index (Phi) is 3.92. The van der Waals surface area contributed by atoms with Gasteiger partial charge in [-0.25, -0.2) is 0 Å². The van der Waals surface area contributed by atoms with Crippen molar-refractivity contribution in [1.82, 2.24) is 0 Å². The third-order valence-corrected chi connectivity index (χ3v) is 4.07. The molecule has 0 bridgehead atoms. The molecule has 0 aliphatic carbocycles. The first-order valence-electron chi connectivity index (χ1n) is 6.55. The smallest absolute Gasteiger partial charge is 0.193 e. The molecular formula is C18H13IO2. The summed E-state index contributed by atoms with van der Waals surface area (Å²) >= 11 is 2.21. The summed E-state index contributed by atoms with van der Waals surface area (Å²) in [5.41, 5.74) is 1.42. The van der Waals surface area contributed by atoms with Crippen molar-refractivity contribution in [3.05, 3.63) is 75.4 Å². The Balaban J connectivity index is 2.03. The number of rotatable bonds is 3. The number of carbonyl (C=O) groups is 1. The largest absolute Gasteiger partial charge is 0.497 e. The van der Waals surface area contributed by atoms with Gasteiger partial charge in [-0.15, -0.1) is 0 Å². The molecule has 2 nitrogen and oxygen atoms in total. The number of methoxy groups -OCH3 is 1. The van der Waals surface area contributed by atoms with Gasteiger partial charge >= 0.3 is 0 Å². The topological polar surface area (TPSA) is 26.3 Å². The second-order valence-electron chi connectivity index (χ2n) is 4.77. The Morgan fingerprint density at radius 2 is 1.62 bits per heavy atom. The van der Waals surface area contributed by atoms with Crippen LogP contribution in [0.15, 0.2) is 60.7 Å². The molecule has 0 heterocycles. The molecule has 3 heteroatoms. The minimum absolute atomic E-state index is 0.0474. The number of ether oxygens (including phenoxy) is 1. The predicted molar refractivity (Wildman–Crippen MR) is 93.1 cm³/mol. The van der Waals surface area contributed by atoms with Gasteiger partial charge in [-0.2, -0.15) is 0 Å². The van der Waals surface area contributed by atoms with Gasteiger partial charge in [0.15, 0.2) is 5.78 Å². The van der Waals surface area contributed by atoms with Crippen LogP contribution < -0.4 is 4.74 Å². The van der Waals surface area contributed by atoms with Crippen molar-refractivity contribution in [2.75, 3.05) is 7.11 Å². The van der Waals surface area contributed by atoms with E-state index in [0.717, 1.165) is 25.7 Å². The van der Waals surface area contributed by atoms with E-state index >= 15 is 0 Å². The van der Waals surface area contributed by atoms with Gasteiger partial charge in [-0.1, -0.05) is 30.3 Å². The maximum Gasteiger partial charge on any atom is 0.193 e. The predicted octanol–water partition coefficient (Wildman–Crippen LogP) is 4.68. The molecular weight excluding hydrogens is 375 g/mol. The van der Waals surface area contributed by atoms with Crippen LogP contribution in [-0.2, 0) is 0 Å². The molecule has 3 rings (SSSR count). The highest BCUT2D eigenvalue weighted by atomic mass is 127. The maximum atomic E-state index is 12.5. The van der Waals surface area contributed by atoms with E-state index in [0.29, 0.717) is 5.56 Å². The summed E-state index contributed by atoms with van der Waals surface area (Å²) in [5, 5.41) is 2.10. The SMILES string of the molecule is COc1ccc2cc(C(=O)c3cccc(I)c3)ccc2c1. The summed E-state index contributed by atoms with van der Waals surface area (Å²) in [6, 6.07) is 19.2. The summed E-state index contributed by atoms with van der Waals surface area (Å²) in [4.78, 5) is 12.5. The fraction of sp³-hybridized carbons (Fsp3) is 0.0556. The molecule has 0 unspecified atom stereocenters. The molecule has 0 saturated carbocycles. The van der Waals surface area contributed by atoms with Crippen LogP contribution in [0.4, 0.5) is 0 Å². The van der Waals surface area contributed by atoms with Gasteiger partial charge in [0.2, 0.25) is 0 Å². The van der Waals surface area contributed by atoms with Crippen molar-refractivity contribution >= 4 is 39.1 Å². The van der Waals surface area contributed by atoms with Crippen molar-refractivity contribution in [2.24, 2.45) is 0 Å². The lowest BCUT2D eigenvalue weighted by molar-refractivity contribution is 0.103. The molecule has 0 N–H and O–H groups in total. The zero-order valence-corrected chi connectivity index (χ0v) is 13.6. The molecule has 0 atom stereocenters. The van der Waals surface area contributed by atoms with E-state index in [1.807, 2.05) is 60.7 Å². The highest BCUT2D eigenvalue weighted by Crippen LogP contribution is 2.23. The van der Waals surface area contributed by atoms with E-state index in [1.54, 1.807) is 7.11 Å². The monoisotopic (exact) mass is 388 g/mol. The van der Waals surface area contributed by atoms with E-state index in [4.69, 9.17) is 4.74 Å². The minimum atomic E-state index is 0.0474. The summed E-state index contributed by atoms with van der Waals surface area (Å²) in [6.45, 7) is 0. The Bertz CT molecular complexity index is 824. The minimum Gasteiger partial charge on any atom is -0.497 e. The van der Waals surface area contributed by atoms with Crippen LogP contribution in [0.1, 0.15) is 15.9 Å². The van der Waals surface area contributed by atoms with Crippen molar-refractivity contribution in [1.29, 1.82) is 0 Å². The second kappa shape index (κ2) is 5.85. The van der Waals surface area contributed by atoms with Gasteiger partial charge in [0.05, 0.1) is 7.11 Å². The van der Waals surface area contributed by atoms with Crippen molar-refractivity contribution in [2.45, 2.75) is 0 Å². The number of benzene rings is 3. The third kappa shape index (κ3) is 2.93. The van der Waals surface area contributed by atoms with Gasteiger partial charge in [0.25, 0.3) is 0 Å². The van der Waals surface area contributed by atoms with Crippen LogP contribution in [0.3, 0.4) is 0 Å². The van der Waals surface area contributed by atoms with E-state index in [1.165, 1.54) is 0 Å². The highest BCUT2D eigenvalue weighted by molar-refractivity contribution is 14.1. The highest BCUT2D eigenvalue weighted by Gasteiger charge is 2.10. The number of hydrogen-bond acceptors (Lipinski definition) is 2. The van der Waals surface area contributed by atoms with Crippen molar-refractivity contribution in [3.63, 3.8) is 0 Å². The molecule has 21 heavy (non-hydrogen) atoms. The lowest BCUT2D eigenvalue weighted by atomic mass is 10.00. The maximum absolute atomic E-state index is 12.5. The number of ketones is 1. The quantitative estimate of drug-likeness (QED) is 0.481. The Morgan fingerprint density at radius 3 is 2.38 bits per heavy atom. The first kappa shape index (κ1) is 14.1. The zero-order valence-electron chi connectivity index (χ0n) is 11.5. The fourth-order valence-corrected chi connectivity index (χ4v) is 2.83. The van der Waals surface area contributed by atoms with Crippen molar-refractivity contribution in [3.8, 4) is 5.75 Å². The van der Waals surface area contributed by atoms with Crippen LogP contribution in [0.25, 0.3) is 10.8 Å². The van der Waals surface area contributed by atoms with Crippen LogP contribution in [0, 0.1) is 3.57 Å². The first-order valence-corrected chi connectivity index (χ1v) is 7.63. The normalized spacial score (nSPS) is 10.6. The van der Waals surface area contributed by atoms with Crippen LogP contribution in [-0.4, -0.2) is 12.9 Å². The standard InChI is InChI=1S/C18H13IO2/c1-21-17-8-7-12-9-15(6-5-13(12)11-17)18(20)14-3-2-4-16(19)10-14/h2-11H,1H3. The third-order valence-electron chi connectivity index (χ3n) is 3.40. The van der Waals surface area contributed by atoms with E-state index in [-0.39, 0.29) is 5.78 Å². The second-order valence-corrected chi connectivity index (χ2v) is 6.01. The average Bonchev–Trinajstić information content (AvgIpc) is 2.53. The molecule has 3 aromatic rings. The van der Waals surface area contributed by atoms with Gasteiger partial charge in [0.1, 0.15) is 5.75 Å². The van der Waals surface area contributed by atoms with Crippen LogP contribution >= 0.6 is 22.6 Å². The van der Waals surface area contributed by atoms with E-state index in [9.17, 15) is 4.79 Å². The molecule has 0 saturated heterocycles. The lowest BCUT2D eigenvalue weighted by Gasteiger charge is -2.06. The Labute approximate surface area is 136 Å². The van der Waals surface area contributed by atoms with Crippen LogP contribution in [0.2, 0.25) is 0 Å². The summed E-state index contributed by atoms with van der Waals surface area (Å²) in [6.07, 6.45) is 0. The van der Waals surface area contributed by atoms with Gasteiger partial charge in [-0.05, 0) is 63.7 Å². The molecule has 104 valence electrons. The van der Waals surface area contributed by atoms with E-state index in [2.05, 4.69) is 22.6 Å². The number of halogens is 1. The Hall–Kier alpha value is -1.88. The molecule has 0 aliphatic heterocycles. The number of fused-ring (bicyclic) bond motifs is 1. The van der Waals surface area contributed by atoms with Crippen molar-refractivity contribution < 1.29 is 9.53 Å². The van der Waals surface area contributed by atoms with Gasteiger partial charge in [0, 0.05) is 14.7 Å². The summed E-state index contributed by atoms with van der Waals surface area (Å²) in [7, 11) is 1.65. The molecule has 0 aliphatic rings. The average molecular weight is 388 g/mol. The molecule has 0 aromatic heterocycles. The molecule has 0 fully saturated rings.